The average molecular weight is 206 g/mol. The number of hydrogen-bond acceptors (Lipinski definition) is 4. The first-order chi connectivity index (χ1) is 7.29. The predicted octanol–water partition coefficient (Wildman–Crippen LogP) is 1.28. The summed E-state index contributed by atoms with van der Waals surface area (Å²) in [6.07, 6.45) is 6.04. The molecule has 1 aromatic heterocycles. The van der Waals surface area contributed by atoms with Crippen LogP contribution in [0.3, 0.4) is 0 Å². The number of aromatic nitrogens is 2. The fraction of sp³-hybridized carbons (Fsp3) is 0.636. The third kappa shape index (κ3) is 2.89. The molecule has 0 spiro atoms. The van der Waals surface area contributed by atoms with Crippen LogP contribution in [-0.2, 0) is 0 Å². The van der Waals surface area contributed by atoms with Crippen molar-refractivity contribution in [1.82, 2.24) is 15.3 Å². The lowest BCUT2D eigenvalue weighted by Crippen LogP contribution is -2.42. The van der Waals surface area contributed by atoms with Crippen LogP contribution in [-0.4, -0.2) is 29.6 Å². The summed E-state index contributed by atoms with van der Waals surface area (Å²) < 4.78 is 0. The van der Waals surface area contributed by atoms with Gasteiger partial charge in [-0.05, 0) is 30.9 Å². The normalized spacial score (nSPS) is 26.2. The molecule has 82 valence electrons. The molecule has 1 fully saturated rings. The van der Waals surface area contributed by atoms with Crippen molar-refractivity contribution in [3.05, 3.63) is 18.5 Å². The number of piperidine rings is 1. The molecule has 1 aliphatic rings. The summed E-state index contributed by atoms with van der Waals surface area (Å²) in [6.45, 7) is 5.46. The van der Waals surface area contributed by atoms with E-state index in [0.717, 1.165) is 25.6 Å². The highest BCUT2D eigenvalue weighted by Crippen LogP contribution is 2.25. The number of rotatable bonds is 3. The van der Waals surface area contributed by atoms with Crippen LogP contribution >= 0.6 is 0 Å². The second kappa shape index (κ2) is 4.57. The fourth-order valence-corrected chi connectivity index (χ4v) is 1.95. The van der Waals surface area contributed by atoms with Gasteiger partial charge in [0.25, 0.3) is 0 Å². The van der Waals surface area contributed by atoms with Gasteiger partial charge in [0.05, 0.1) is 0 Å². The van der Waals surface area contributed by atoms with Crippen molar-refractivity contribution in [2.24, 2.45) is 5.41 Å². The first-order valence-corrected chi connectivity index (χ1v) is 5.50. The molecule has 1 aliphatic heterocycles. The molecular weight excluding hydrogens is 188 g/mol. The monoisotopic (exact) mass is 206 g/mol. The largest absolute Gasteiger partial charge is 0.354 e. The Balaban J connectivity index is 1.87. The highest BCUT2D eigenvalue weighted by molar-refractivity contribution is 5.22. The molecule has 1 unspecified atom stereocenters. The van der Waals surface area contributed by atoms with Crippen LogP contribution in [0.5, 0.6) is 0 Å². The molecule has 2 rings (SSSR count). The van der Waals surface area contributed by atoms with Gasteiger partial charge in [0, 0.05) is 25.5 Å². The summed E-state index contributed by atoms with van der Waals surface area (Å²) in [4.78, 5) is 8.30. The Morgan fingerprint density at radius 1 is 1.47 bits per heavy atom. The quantitative estimate of drug-likeness (QED) is 0.782. The van der Waals surface area contributed by atoms with Gasteiger partial charge in [-0.1, -0.05) is 6.92 Å². The zero-order valence-electron chi connectivity index (χ0n) is 9.16. The second-order valence-electron chi connectivity index (χ2n) is 4.52. The van der Waals surface area contributed by atoms with E-state index in [0.29, 0.717) is 5.41 Å². The van der Waals surface area contributed by atoms with Crippen molar-refractivity contribution in [3.8, 4) is 0 Å². The molecule has 0 amide bonds. The topological polar surface area (TPSA) is 49.8 Å². The molecule has 2 N–H and O–H groups in total. The van der Waals surface area contributed by atoms with Crippen LogP contribution in [0.15, 0.2) is 18.5 Å². The van der Waals surface area contributed by atoms with Gasteiger partial charge in [-0.15, -0.1) is 0 Å². The highest BCUT2D eigenvalue weighted by Gasteiger charge is 2.26. The Hall–Kier alpha value is -1.16. The maximum absolute atomic E-state index is 4.15. The van der Waals surface area contributed by atoms with Crippen LogP contribution in [0.25, 0.3) is 0 Å². The van der Waals surface area contributed by atoms with Gasteiger partial charge >= 0.3 is 0 Å². The molecular formula is C11H18N4. The molecule has 0 radical (unpaired) electrons. The van der Waals surface area contributed by atoms with Crippen LogP contribution in [0.2, 0.25) is 0 Å². The molecule has 4 nitrogen and oxygen atoms in total. The second-order valence-corrected chi connectivity index (χ2v) is 4.52. The van der Waals surface area contributed by atoms with Crippen LogP contribution < -0.4 is 10.6 Å². The number of anilines is 1. The van der Waals surface area contributed by atoms with Crippen LogP contribution in [0, 0.1) is 5.41 Å². The van der Waals surface area contributed by atoms with Gasteiger partial charge in [-0.2, -0.15) is 0 Å². The highest BCUT2D eigenvalue weighted by atomic mass is 15.1. The van der Waals surface area contributed by atoms with E-state index in [4.69, 9.17) is 0 Å². The Kier molecular flexibility index (Phi) is 3.16. The summed E-state index contributed by atoms with van der Waals surface area (Å²) in [5.74, 6) is 0.726. The van der Waals surface area contributed by atoms with Crippen LogP contribution in [0.1, 0.15) is 19.8 Å². The van der Waals surface area contributed by atoms with Crippen LogP contribution in [0.4, 0.5) is 5.95 Å². The lowest BCUT2D eigenvalue weighted by atomic mass is 9.83. The number of nitrogens with one attached hydrogen (secondary N) is 2. The van der Waals surface area contributed by atoms with Gasteiger partial charge < -0.3 is 10.6 Å². The number of nitrogens with zero attached hydrogens (tertiary/aromatic N) is 2. The van der Waals surface area contributed by atoms with E-state index in [1.165, 1.54) is 12.8 Å². The molecule has 1 saturated heterocycles. The van der Waals surface area contributed by atoms with Gasteiger partial charge in [0.15, 0.2) is 0 Å². The van der Waals surface area contributed by atoms with Crippen molar-refractivity contribution < 1.29 is 0 Å². The predicted molar refractivity (Wildman–Crippen MR) is 60.7 cm³/mol. The third-order valence-corrected chi connectivity index (χ3v) is 2.92. The summed E-state index contributed by atoms with van der Waals surface area (Å²) in [5, 5.41) is 6.72. The smallest absolute Gasteiger partial charge is 0.222 e. The Bertz CT molecular complexity index is 293. The Morgan fingerprint density at radius 3 is 2.93 bits per heavy atom. The SMILES string of the molecule is CC1(CNc2ncccn2)CCCNC1. The maximum atomic E-state index is 4.15. The van der Waals surface area contributed by atoms with E-state index in [1.807, 2.05) is 6.07 Å². The third-order valence-electron chi connectivity index (χ3n) is 2.92. The first kappa shape index (κ1) is 10.4. The van der Waals surface area contributed by atoms with E-state index in [1.54, 1.807) is 12.4 Å². The van der Waals surface area contributed by atoms with E-state index < -0.39 is 0 Å². The maximum Gasteiger partial charge on any atom is 0.222 e. The van der Waals surface area contributed by atoms with Crippen molar-refractivity contribution in [1.29, 1.82) is 0 Å². The summed E-state index contributed by atoms with van der Waals surface area (Å²) in [7, 11) is 0. The lowest BCUT2D eigenvalue weighted by molar-refractivity contribution is 0.253. The molecule has 0 saturated carbocycles. The number of hydrogen-bond donors (Lipinski definition) is 2. The van der Waals surface area contributed by atoms with Gasteiger partial charge in [0.1, 0.15) is 0 Å². The van der Waals surface area contributed by atoms with Gasteiger partial charge in [-0.25, -0.2) is 9.97 Å². The molecule has 15 heavy (non-hydrogen) atoms. The summed E-state index contributed by atoms with van der Waals surface area (Å²) in [6, 6.07) is 1.83. The minimum Gasteiger partial charge on any atom is -0.354 e. The Labute approximate surface area is 90.5 Å². The van der Waals surface area contributed by atoms with Crippen molar-refractivity contribution in [2.45, 2.75) is 19.8 Å². The zero-order valence-corrected chi connectivity index (χ0v) is 9.16. The van der Waals surface area contributed by atoms with E-state index >= 15 is 0 Å². The molecule has 1 atom stereocenters. The molecule has 0 aliphatic carbocycles. The minimum absolute atomic E-state index is 0.331. The fourth-order valence-electron chi connectivity index (χ4n) is 1.95. The zero-order chi connectivity index (χ0) is 10.6. The van der Waals surface area contributed by atoms with Crippen molar-refractivity contribution >= 4 is 5.95 Å². The molecule has 2 heterocycles. The van der Waals surface area contributed by atoms with E-state index in [2.05, 4.69) is 27.5 Å². The van der Waals surface area contributed by atoms with Crippen molar-refractivity contribution in [2.75, 3.05) is 25.0 Å². The van der Waals surface area contributed by atoms with Gasteiger partial charge in [0.2, 0.25) is 5.95 Å². The van der Waals surface area contributed by atoms with E-state index in [-0.39, 0.29) is 0 Å². The summed E-state index contributed by atoms with van der Waals surface area (Å²) >= 11 is 0. The summed E-state index contributed by atoms with van der Waals surface area (Å²) in [5.41, 5.74) is 0.331. The van der Waals surface area contributed by atoms with Gasteiger partial charge in [-0.3, -0.25) is 0 Å². The molecule has 4 heteroatoms. The van der Waals surface area contributed by atoms with E-state index in [9.17, 15) is 0 Å². The Morgan fingerprint density at radius 2 is 2.27 bits per heavy atom. The first-order valence-electron chi connectivity index (χ1n) is 5.50. The lowest BCUT2D eigenvalue weighted by Gasteiger charge is -2.34. The standard InChI is InChI=1S/C11H18N4/c1-11(4-2-5-12-8-11)9-15-10-13-6-3-7-14-10/h3,6-7,12H,2,4-5,8-9H2,1H3,(H,13,14,15). The van der Waals surface area contributed by atoms with Crippen molar-refractivity contribution in [3.63, 3.8) is 0 Å². The molecule has 1 aromatic rings. The molecule has 0 bridgehead atoms. The minimum atomic E-state index is 0.331. The molecule has 0 aromatic carbocycles. The average Bonchev–Trinajstić information content (AvgIpc) is 2.29.